The van der Waals surface area contributed by atoms with E-state index in [0.717, 1.165) is 4.88 Å². The van der Waals surface area contributed by atoms with Crippen molar-refractivity contribution in [3.8, 4) is 0 Å². The molecule has 0 atom stereocenters. The predicted octanol–water partition coefficient (Wildman–Crippen LogP) is 1.96. The van der Waals surface area contributed by atoms with Gasteiger partial charge < -0.3 is 0 Å². The molecule has 6 heteroatoms. The molecule has 0 saturated carbocycles. The van der Waals surface area contributed by atoms with Crippen LogP contribution < -0.4 is 0 Å². The SMILES string of the molecule is Cn1ncc(C(=O)Cc2sccc2Cl)n1. The van der Waals surface area contributed by atoms with Crippen molar-refractivity contribution in [1.29, 1.82) is 0 Å². The lowest BCUT2D eigenvalue weighted by atomic mass is 10.2. The van der Waals surface area contributed by atoms with Crippen molar-refractivity contribution in [3.63, 3.8) is 0 Å². The summed E-state index contributed by atoms with van der Waals surface area (Å²) in [5, 5.41) is 10.3. The summed E-state index contributed by atoms with van der Waals surface area (Å²) >= 11 is 7.37. The molecule has 2 aromatic rings. The number of hydrogen-bond donors (Lipinski definition) is 0. The maximum absolute atomic E-state index is 11.7. The van der Waals surface area contributed by atoms with Gasteiger partial charge in [0.05, 0.1) is 11.2 Å². The first-order valence-corrected chi connectivity index (χ1v) is 5.54. The molecule has 0 bridgehead atoms. The molecule has 0 unspecified atom stereocenters. The summed E-state index contributed by atoms with van der Waals surface area (Å²) in [5.74, 6) is -0.0625. The zero-order valence-electron chi connectivity index (χ0n) is 7.98. The Morgan fingerprint density at radius 2 is 2.47 bits per heavy atom. The van der Waals surface area contributed by atoms with Gasteiger partial charge in [0.25, 0.3) is 0 Å². The highest BCUT2D eigenvalue weighted by Crippen LogP contribution is 2.23. The van der Waals surface area contributed by atoms with Crippen LogP contribution >= 0.6 is 22.9 Å². The largest absolute Gasteiger partial charge is 0.292 e. The molecule has 15 heavy (non-hydrogen) atoms. The van der Waals surface area contributed by atoms with Crippen molar-refractivity contribution in [2.45, 2.75) is 6.42 Å². The molecule has 0 N–H and O–H groups in total. The Kier molecular flexibility index (Phi) is 2.83. The van der Waals surface area contributed by atoms with Gasteiger partial charge in [0, 0.05) is 18.3 Å². The van der Waals surface area contributed by atoms with Gasteiger partial charge in [-0.1, -0.05) is 11.6 Å². The molecule has 2 rings (SSSR count). The van der Waals surface area contributed by atoms with Crippen LogP contribution in [0.2, 0.25) is 5.02 Å². The van der Waals surface area contributed by atoms with E-state index in [1.807, 2.05) is 5.38 Å². The van der Waals surface area contributed by atoms with Crippen LogP contribution in [0, 0.1) is 0 Å². The fourth-order valence-corrected chi connectivity index (χ4v) is 2.26. The van der Waals surface area contributed by atoms with Gasteiger partial charge in [0.2, 0.25) is 0 Å². The first kappa shape index (κ1) is 10.3. The van der Waals surface area contributed by atoms with E-state index in [1.165, 1.54) is 22.3 Å². The van der Waals surface area contributed by atoms with Crippen LogP contribution in [0.5, 0.6) is 0 Å². The average molecular weight is 242 g/mol. The second-order valence-corrected chi connectivity index (χ2v) is 4.42. The molecule has 4 nitrogen and oxygen atoms in total. The van der Waals surface area contributed by atoms with E-state index in [4.69, 9.17) is 11.6 Å². The molecule has 0 amide bonds. The number of aryl methyl sites for hydroxylation is 1. The van der Waals surface area contributed by atoms with E-state index in [-0.39, 0.29) is 12.2 Å². The summed E-state index contributed by atoms with van der Waals surface area (Å²) in [7, 11) is 1.68. The van der Waals surface area contributed by atoms with Crippen molar-refractivity contribution < 1.29 is 4.79 Å². The molecule has 0 spiro atoms. The smallest absolute Gasteiger partial charge is 0.189 e. The third-order valence-corrected chi connectivity index (χ3v) is 3.28. The molecule has 2 aromatic heterocycles. The number of ketones is 1. The van der Waals surface area contributed by atoms with Crippen LogP contribution in [0.3, 0.4) is 0 Å². The Balaban J connectivity index is 2.14. The molecule has 0 aliphatic heterocycles. The average Bonchev–Trinajstić information content (AvgIpc) is 2.77. The van der Waals surface area contributed by atoms with Crippen molar-refractivity contribution in [1.82, 2.24) is 15.0 Å². The van der Waals surface area contributed by atoms with Crippen molar-refractivity contribution >= 4 is 28.7 Å². The van der Waals surface area contributed by atoms with Gasteiger partial charge in [-0.3, -0.25) is 4.79 Å². The summed E-state index contributed by atoms with van der Waals surface area (Å²) in [4.78, 5) is 13.9. The molecule has 2 heterocycles. The van der Waals surface area contributed by atoms with Crippen LogP contribution in [0.1, 0.15) is 15.4 Å². The Hall–Kier alpha value is -1.20. The van der Waals surface area contributed by atoms with Crippen molar-refractivity contribution in [2.24, 2.45) is 7.05 Å². The predicted molar refractivity (Wildman–Crippen MR) is 58.4 cm³/mol. The highest BCUT2D eigenvalue weighted by molar-refractivity contribution is 7.10. The van der Waals surface area contributed by atoms with Gasteiger partial charge >= 0.3 is 0 Å². The first-order chi connectivity index (χ1) is 7.16. The van der Waals surface area contributed by atoms with Gasteiger partial charge in [-0.2, -0.15) is 15.0 Å². The maximum Gasteiger partial charge on any atom is 0.189 e. The fraction of sp³-hybridized carbons (Fsp3) is 0.222. The summed E-state index contributed by atoms with van der Waals surface area (Å²) in [6, 6.07) is 1.78. The highest BCUT2D eigenvalue weighted by atomic mass is 35.5. The van der Waals surface area contributed by atoms with Gasteiger partial charge in [0.1, 0.15) is 5.69 Å². The van der Waals surface area contributed by atoms with E-state index >= 15 is 0 Å². The Labute approximate surface area is 95.5 Å². The molecule has 0 aliphatic carbocycles. The second-order valence-electron chi connectivity index (χ2n) is 3.01. The summed E-state index contributed by atoms with van der Waals surface area (Å²) in [6.45, 7) is 0. The Bertz CT molecular complexity index is 491. The van der Waals surface area contributed by atoms with Crippen LogP contribution in [0.15, 0.2) is 17.6 Å². The minimum Gasteiger partial charge on any atom is -0.292 e. The number of aromatic nitrogens is 3. The van der Waals surface area contributed by atoms with Crippen LogP contribution in [0.25, 0.3) is 0 Å². The van der Waals surface area contributed by atoms with Crippen LogP contribution in [-0.4, -0.2) is 20.8 Å². The number of rotatable bonds is 3. The maximum atomic E-state index is 11.7. The number of thiophene rings is 1. The lowest BCUT2D eigenvalue weighted by Crippen LogP contribution is -2.04. The summed E-state index contributed by atoms with van der Waals surface area (Å²) < 4.78 is 0. The Morgan fingerprint density at radius 3 is 3.00 bits per heavy atom. The van der Waals surface area contributed by atoms with E-state index in [1.54, 1.807) is 13.1 Å². The number of carbonyl (C=O) groups excluding carboxylic acids is 1. The topological polar surface area (TPSA) is 47.8 Å². The minimum absolute atomic E-state index is 0.0625. The monoisotopic (exact) mass is 241 g/mol. The van der Waals surface area contributed by atoms with Gasteiger partial charge in [0.15, 0.2) is 5.78 Å². The van der Waals surface area contributed by atoms with E-state index < -0.39 is 0 Å². The summed E-state index contributed by atoms with van der Waals surface area (Å²) in [6.07, 6.45) is 1.75. The highest BCUT2D eigenvalue weighted by Gasteiger charge is 2.13. The summed E-state index contributed by atoms with van der Waals surface area (Å²) in [5.41, 5.74) is 0.377. The van der Waals surface area contributed by atoms with Gasteiger partial charge in [-0.05, 0) is 11.4 Å². The molecule has 0 saturated heterocycles. The van der Waals surface area contributed by atoms with Crippen LogP contribution in [0.4, 0.5) is 0 Å². The number of Topliss-reactive ketones (excluding diaryl/α,β-unsaturated/α-hetero) is 1. The Morgan fingerprint density at radius 1 is 1.67 bits per heavy atom. The van der Waals surface area contributed by atoms with E-state index in [2.05, 4.69) is 10.2 Å². The number of halogens is 1. The molecule has 0 aliphatic rings. The molecule has 78 valence electrons. The quantitative estimate of drug-likeness (QED) is 0.772. The first-order valence-electron chi connectivity index (χ1n) is 4.28. The zero-order valence-corrected chi connectivity index (χ0v) is 9.55. The minimum atomic E-state index is -0.0625. The van der Waals surface area contributed by atoms with Crippen LogP contribution in [-0.2, 0) is 13.5 Å². The third-order valence-electron chi connectivity index (χ3n) is 1.90. The van der Waals surface area contributed by atoms with Gasteiger partial charge in [-0.15, -0.1) is 11.3 Å². The van der Waals surface area contributed by atoms with Crippen molar-refractivity contribution in [3.05, 3.63) is 33.2 Å². The lowest BCUT2D eigenvalue weighted by molar-refractivity contribution is 0.0988. The zero-order chi connectivity index (χ0) is 10.8. The third kappa shape index (κ3) is 2.24. The second kappa shape index (κ2) is 4.12. The van der Waals surface area contributed by atoms with Crippen molar-refractivity contribution in [2.75, 3.05) is 0 Å². The molecular formula is C9H8ClN3OS. The number of carbonyl (C=O) groups is 1. The molecule has 0 radical (unpaired) electrons. The van der Waals surface area contributed by atoms with Gasteiger partial charge in [-0.25, -0.2) is 0 Å². The normalized spacial score (nSPS) is 10.5. The van der Waals surface area contributed by atoms with E-state index in [9.17, 15) is 4.79 Å². The molecular weight excluding hydrogens is 234 g/mol. The molecule has 0 fully saturated rings. The fourth-order valence-electron chi connectivity index (χ4n) is 1.16. The standard InChI is InChI=1S/C9H8ClN3OS/c1-13-11-5-7(12-13)8(14)4-9-6(10)2-3-15-9/h2-3,5H,4H2,1H3. The van der Waals surface area contributed by atoms with E-state index in [0.29, 0.717) is 10.7 Å². The number of hydrogen-bond acceptors (Lipinski definition) is 4. The lowest BCUT2D eigenvalue weighted by Gasteiger charge is -1.94. The number of nitrogens with zero attached hydrogens (tertiary/aromatic N) is 3. The molecule has 0 aromatic carbocycles.